The SMILES string of the molecule is C[C@@H](NC(=O)CN(C)Cc1ccc(C(C)(C)C)cc1)c1cccs1. The number of nitrogens with one attached hydrogen (secondary N) is 1. The fourth-order valence-corrected chi connectivity index (χ4v) is 3.35. The molecule has 1 aromatic carbocycles. The number of amides is 1. The van der Waals surface area contributed by atoms with Crippen LogP contribution in [0.4, 0.5) is 0 Å². The first-order valence-corrected chi connectivity index (χ1v) is 9.24. The summed E-state index contributed by atoms with van der Waals surface area (Å²) in [5.41, 5.74) is 2.73. The summed E-state index contributed by atoms with van der Waals surface area (Å²) in [6.07, 6.45) is 0. The summed E-state index contributed by atoms with van der Waals surface area (Å²) in [5.74, 6) is 0.0599. The van der Waals surface area contributed by atoms with Gasteiger partial charge in [-0.3, -0.25) is 9.69 Å². The highest BCUT2D eigenvalue weighted by Gasteiger charge is 2.14. The summed E-state index contributed by atoms with van der Waals surface area (Å²) in [6.45, 7) is 9.84. The topological polar surface area (TPSA) is 32.3 Å². The fraction of sp³-hybridized carbons (Fsp3) is 0.450. The lowest BCUT2D eigenvalue weighted by atomic mass is 9.87. The second-order valence-corrected chi connectivity index (χ2v) is 8.40. The maximum absolute atomic E-state index is 12.2. The summed E-state index contributed by atoms with van der Waals surface area (Å²) in [6, 6.07) is 12.8. The van der Waals surface area contributed by atoms with Gasteiger partial charge in [0, 0.05) is 11.4 Å². The predicted molar refractivity (Wildman–Crippen MR) is 102 cm³/mol. The van der Waals surface area contributed by atoms with Gasteiger partial charge in [0.2, 0.25) is 5.91 Å². The van der Waals surface area contributed by atoms with Crippen LogP contribution in [0.15, 0.2) is 41.8 Å². The second kappa shape index (κ2) is 7.95. The van der Waals surface area contributed by atoms with Gasteiger partial charge in [-0.05, 0) is 42.0 Å². The van der Waals surface area contributed by atoms with Crippen LogP contribution in [0.5, 0.6) is 0 Å². The van der Waals surface area contributed by atoms with Crippen molar-refractivity contribution in [3.8, 4) is 0 Å². The van der Waals surface area contributed by atoms with Gasteiger partial charge < -0.3 is 5.32 Å². The highest BCUT2D eigenvalue weighted by atomic mass is 32.1. The van der Waals surface area contributed by atoms with Crippen molar-refractivity contribution in [3.63, 3.8) is 0 Å². The van der Waals surface area contributed by atoms with Gasteiger partial charge in [0.05, 0.1) is 12.6 Å². The Labute approximate surface area is 149 Å². The molecule has 3 nitrogen and oxygen atoms in total. The van der Waals surface area contributed by atoms with E-state index in [1.54, 1.807) is 11.3 Å². The van der Waals surface area contributed by atoms with E-state index < -0.39 is 0 Å². The van der Waals surface area contributed by atoms with Crippen molar-refractivity contribution >= 4 is 17.2 Å². The monoisotopic (exact) mass is 344 g/mol. The van der Waals surface area contributed by atoms with Crippen LogP contribution in [0, 0.1) is 0 Å². The van der Waals surface area contributed by atoms with E-state index in [1.807, 2.05) is 30.3 Å². The molecule has 0 radical (unpaired) electrons. The van der Waals surface area contributed by atoms with Crippen LogP contribution in [0.1, 0.15) is 49.7 Å². The first-order chi connectivity index (χ1) is 11.3. The third-order valence-electron chi connectivity index (χ3n) is 4.03. The molecule has 0 bridgehead atoms. The van der Waals surface area contributed by atoms with Crippen LogP contribution < -0.4 is 5.32 Å². The van der Waals surface area contributed by atoms with Crippen molar-refractivity contribution in [3.05, 3.63) is 57.8 Å². The molecule has 2 rings (SSSR count). The van der Waals surface area contributed by atoms with Crippen LogP contribution >= 0.6 is 11.3 Å². The zero-order valence-corrected chi connectivity index (χ0v) is 16.1. The highest BCUT2D eigenvalue weighted by Crippen LogP contribution is 2.22. The van der Waals surface area contributed by atoms with Crippen LogP contribution in [-0.4, -0.2) is 24.4 Å². The Morgan fingerprint density at radius 2 is 1.88 bits per heavy atom. The van der Waals surface area contributed by atoms with E-state index in [-0.39, 0.29) is 17.4 Å². The number of benzene rings is 1. The predicted octanol–water partition coefficient (Wildman–Crippen LogP) is 4.35. The van der Waals surface area contributed by atoms with E-state index in [0.29, 0.717) is 6.54 Å². The zero-order valence-electron chi connectivity index (χ0n) is 15.3. The normalized spacial score (nSPS) is 13.1. The maximum atomic E-state index is 12.2. The smallest absolute Gasteiger partial charge is 0.234 e. The van der Waals surface area contributed by atoms with Gasteiger partial charge in [0.25, 0.3) is 0 Å². The molecule has 0 saturated carbocycles. The molecule has 0 saturated heterocycles. The number of hydrogen-bond acceptors (Lipinski definition) is 3. The molecule has 0 aliphatic rings. The number of rotatable bonds is 6. The third kappa shape index (κ3) is 5.46. The Balaban J connectivity index is 1.84. The van der Waals surface area contributed by atoms with Crippen LogP contribution in [0.25, 0.3) is 0 Å². The summed E-state index contributed by atoms with van der Waals surface area (Å²) in [7, 11) is 1.98. The van der Waals surface area contributed by atoms with Gasteiger partial charge in [-0.1, -0.05) is 51.1 Å². The molecule has 24 heavy (non-hydrogen) atoms. The molecule has 0 spiro atoms. The molecular formula is C20H28N2OS. The lowest BCUT2D eigenvalue weighted by Crippen LogP contribution is -2.36. The minimum Gasteiger partial charge on any atom is -0.348 e. The largest absolute Gasteiger partial charge is 0.348 e. The second-order valence-electron chi connectivity index (χ2n) is 7.42. The Hall–Kier alpha value is -1.65. The van der Waals surface area contributed by atoms with Gasteiger partial charge in [0.1, 0.15) is 0 Å². The molecular weight excluding hydrogens is 316 g/mol. The molecule has 0 unspecified atom stereocenters. The highest BCUT2D eigenvalue weighted by molar-refractivity contribution is 7.10. The summed E-state index contributed by atoms with van der Waals surface area (Å²) in [4.78, 5) is 15.4. The molecule has 2 aromatic rings. The minimum absolute atomic E-state index is 0.0599. The maximum Gasteiger partial charge on any atom is 0.234 e. The molecule has 130 valence electrons. The number of nitrogens with zero attached hydrogens (tertiary/aromatic N) is 1. The molecule has 1 amide bonds. The summed E-state index contributed by atoms with van der Waals surface area (Å²) >= 11 is 1.67. The van der Waals surface area contributed by atoms with Crippen molar-refractivity contribution in [2.24, 2.45) is 0 Å². The van der Waals surface area contributed by atoms with E-state index in [4.69, 9.17) is 0 Å². The number of thiophene rings is 1. The first-order valence-electron chi connectivity index (χ1n) is 8.36. The fourth-order valence-electron chi connectivity index (χ4n) is 2.62. The van der Waals surface area contributed by atoms with Crippen molar-refractivity contribution in [1.29, 1.82) is 0 Å². The van der Waals surface area contributed by atoms with Crippen molar-refractivity contribution < 1.29 is 4.79 Å². The molecule has 0 fully saturated rings. The number of hydrogen-bond donors (Lipinski definition) is 1. The minimum atomic E-state index is 0.0599. The number of carbonyl (C=O) groups excluding carboxylic acids is 1. The number of carbonyl (C=O) groups is 1. The standard InChI is InChI=1S/C20H28N2OS/c1-15(18-7-6-12-24-18)21-19(23)14-22(5)13-16-8-10-17(11-9-16)20(2,3)4/h6-12,15H,13-14H2,1-5H3,(H,21,23)/t15-/m1/s1. The van der Waals surface area contributed by atoms with Crippen molar-refractivity contribution in [2.75, 3.05) is 13.6 Å². The molecule has 1 heterocycles. The molecule has 0 aliphatic heterocycles. The van der Waals surface area contributed by atoms with E-state index in [1.165, 1.54) is 16.0 Å². The molecule has 1 aromatic heterocycles. The average Bonchev–Trinajstić information content (AvgIpc) is 3.00. The van der Waals surface area contributed by atoms with E-state index >= 15 is 0 Å². The quantitative estimate of drug-likeness (QED) is 0.845. The van der Waals surface area contributed by atoms with E-state index in [2.05, 4.69) is 56.4 Å². The Morgan fingerprint density at radius 3 is 2.42 bits per heavy atom. The molecule has 1 N–H and O–H groups in total. The van der Waals surface area contributed by atoms with Gasteiger partial charge in [-0.2, -0.15) is 0 Å². The Bertz CT molecular complexity index is 641. The Kier molecular flexibility index (Phi) is 6.19. The first kappa shape index (κ1) is 18.7. The zero-order chi connectivity index (χ0) is 17.7. The van der Waals surface area contributed by atoms with Gasteiger partial charge in [-0.25, -0.2) is 0 Å². The lowest BCUT2D eigenvalue weighted by Gasteiger charge is -2.21. The molecule has 4 heteroatoms. The van der Waals surface area contributed by atoms with Crippen LogP contribution in [0.2, 0.25) is 0 Å². The average molecular weight is 345 g/mol. The van der Waals surface area contributed by atoms with Crippen molar-refractivity contribution in [2.45, 2.75) is 45.7 Å². The van der Waals surface area contributed by atoms with Crippen molar-refractivity contribution in [1.82, 2.24) is 10.2 Å². The van der Waals surface area contributed by atoms with Gasteiger partial charge >= 0.3 is 0 Å². The number of likely N-dealkylation sites (N-methyl/N-ethyl adjacent to an activating group) is 1. The van der Waals surface area contributed by atoms with Gasteiger partial charge in [0.15, 0.2) is 0 Å². The summed E-state index contributed by atoms with van der Waals surface area (Å²) < 4.78 is 0. The van der Waals surface area contributed by atoms with E-state index in [0.717, 1.165) is 6.54 Å². The Morgan fingerprint density at radius 1 is 1.21 bits per heavy atom. The van der Waals surface area contributed by atoms with Crippen LogP contribution in [0.3, 0.4) is 0 Å². The van der Waals surface area contributed by atoms with E-state index in [9.17, 15) is 4.79 Å². The molecule has 1 atom stereocenters. The lowest BCUT2D eigenvalue weighted by molar-refractivity contribution is -0.122. The summed E-state index contributed by atoms with van der Waals surface area (Å²) in [5, 5.41) is 5.09. The van der Waals surface area contributed by atoms with Crippen LogP contribution in [-0.2, 0) is 16.8 Å². The molecule has 0 aliphatic carbocycles. The third-order valence-corrected chi connectivity index (χ3v) is 5.09. The van der Waals surface area contributed by atoms with Gasteiger partial charge in [-0.15, -0.1) is 11.3 Å².